The van der Waals surface area contributed by atoms with Gasteiger partial charge in [0.2, 0.25) is 29.5 Å². The van der Waals surface area contributed by atoms with Crippen molar-refractivity contribution in [1.29, 1.82) is 0 Å². The molecule has 3 aliphatic rings. The van der Waals surface area contributed by atoms with E-state index < -0.39 is 0 Å². The van der Waals surface area contributed by atoms with Crippen LogP contribution in [0, 0.1) is 0 Å². The van der Waals surface area contributed by atoms with E-state index in [0.717, 1.165) is 21.9 Å². The van der Waals surface area contributed by atoms with Crippen molar-refractivity contribution in [3.05, 3.63) is 23.8 Å². The molecule has 0 aliphatic carbocycles. The van der Waals surface area contributed by atoms with Gasteiger partial charge < -0.3 is 19.9 Å². The molecule has 10 heteroatoms. The number of carbonyl (C=O) groups excluding carboxylic acids is 5. The van der Waals surface area contributed by atoms with Crippen LogP contribution in [-0.2, 0) is 30.4 Å². The van der Waals surface area contributed by atoms with Gasteiger partial charge in [0, 0.05) is 57.5 Å². The number of ether oxygens (including phenoxy) is 1. The molecule has 1 aromatic carbocycles. The third-order valence-electron chi connectivity index (χ3n) is 6.21. The summed E-state index contributed by atoms with van der Waals surface area (Å²) in [5.41, 5.74) is 1.87. The Hall–Kier alpha value is -3.43. The van der Waals surface area contributed by atoms with Gasteiger partial charge in [-0.3, -0.25) is 28.9 Å². The average molecular weight is 456 g/mol. The van der Waals surface area contributed by atoms with Crippen molar-refractivity contribution < 1.29 is 28.7 Å². The van der Waals surface area contributed by atoms with Gasteiger partial charge in [0.25, 0.3) is 0 Å². The smallest absolute Gasteiger partial charge is 0.242 e. The van der Waals surface area contributed by atoms with Crippen molar-refractivity contribution in [2.24, 2.45) is 0 Å². The molecule has 2 fully saturated rings. The second-order valence-corrected chi connectivity index (χ2v) is 8.45. The summed E-state index contributed by atoms with van der Waals surface area (Å²) in [6, 6.07) is 5.57. The lowest BCUT2D eigenvalue weighted by molar-refractivity contribution is -0.147. The topological polar surface area (TPSA) is 116 Å². The van der Waals surface area contributed by atoms with Crippen LogP contribution in [0.2, 0.25) is 0 Å². The van der Waals surface area contributed by atoms with Crippen LogP contribution < -0.4 is 10.1 Å². The van der Waals surface area contributed by atoms with E-state index in [1.165, 1.54) is 0 Å². The number of imide groups is 1. The first-order chi connectivity index (χ1) is 15.9. The first-order valence-corrected chi connectivity index (χ1v) is 11.3. The molecule has 2 saturated heterocycles. The van der Waals surface area contributed by atoms with Gasteiger partial charge >= 0.3 is 0 Å². The monoisotopic (exact) mass is 456 g/mol. The minimum Gasteiger partial charge on any atom is -0.494 e. The van der Waals surface area contributed by atoms with Gasteiger partial charge in [0.05, 0.1) is 6.61 Å². The molecule has 1 N–H and O–H groups in total. The fraction of sp³-hybridized carbons (Fsp3) is 0.522. The number of carbonyl (C=O) groups is 5. The Morgan fingerprint density at radius 2 is 1.55 bits per heavy atom. The average Bonchev–Trinajstić information content (AvgIpc) is 3.13. The number of fused-ring (bicyclic) bond motifs is 1. The van der Waals surface area contributed by atoms with Crippen LogP contribution in [0.3, 0.4) is 0 Å². The molecule has 0 spiro atoms. The summed E-state index contributed by atoms with van der Waals surface area (Å²) >= 11 is 0. The van der Waals surface area contributed by atoms with Gasteiger partial charge in [0.15, 0.2) is 0 Å². The van der Waals surface area contributed by atoms with E-state index in [-0.39, 0.29) is 48.9 Å². The zero-order valence-electron chi connectivity index (χ0n) is 18.5. The normalized spacial score (nSPS) is 18.3. The van der Waals surface area contributed by atoms with Gasteiger partial charge in [-0.25, -0.2) is 0 Å². The van der Waals surface area contributed by atoms with E-state index in [9.17, 15) is 24.0 Å². The predicted octanol–water partition coefficient (Wildman–Crippen LogP) is 0.550. The van der Waals surface area contributed by atoms with Crippen LogP contribution in [0.5, 0.6) is 5.75 Å². The summed E-state index contributed by atoms with van der Waals surface area (Å²) < 4.78 is 5.77. The number of likely N-dealkylation sites (tertiary alicyclic amines) is 1. The third kappa shape index (κ3) is 5.50. The highest BCUT2D eigenvalue weighted by atomic mass is 16.5. The predicted molar refractivity (Wildman–Crippen MR) is 117 cm³/mol. The molecule has 0 bridgehead atoms. The lowest BCUT2D eigenvalue weighted by atomic mass is 10.0. The Kier molecular flexibility index (Phi) is 6.90. The fourth-order valence-electron chi connectivity index (χ4n) is 4.26. The van der Waals surface area contributed by atoms with Crippen molar-refractivity contribution in [2.45, 2.75) is 38.5 Å². The molecular weight excluding hydrogens is 428 g/mol. The Morgan fingerprint density at radius 1 is 0.879 bits per heavy atom. The Morgan fingerprint density at radius 3 is 2.24 bits per heavy atom. The Labute approximate surface area is 191 Å². The summed E-state index contributed by atoms with van der Waals surface area (Å²) in [5.74, 6) is -0.0957. The molecule has 0 radical (unpaired) electrons. The molecule has 1 aromatic rings. The zero-order valence-corrected chi connectivity index (χ0v) is 18.5. The minimum absolute atomic E-state index is 0.0174. The lowest BCUT2D eigenvalue weighted by Gasteiger charge is -2.35. The maximum absolute atomic E-state index is 12.5. The second-order valence-electron chi connectivity index (χ2n) is 8.45. The number of rotatable bonds is 7. The number of aryl methyl sites for hydroxylation is 1. The Bertz CT molecular complexity index is 954. The van der Waals surface area contributed by atoms with E-state index in [2.05, 4.69) is 5.32 Å². The molecule has 0 unspecified atom stereocenters. The highest BCUT2D eigenvalue weighted by Crippen LogP contribution is 2.27. The number of nitrogens with one attached hydrogen (secondary N) is 1. The van der Waals surface area contributed by atoms with Crippen LogP contribution in [0.1, 0.15) is 37.7 Å². The third-order valence-corrected chi connectivity index (χ3v) is 6.21. The second kappa shape index (κ2) is 10.0. The summed E-state index contributed by atoms with van der Waals surface area (Å²) in [7, 11) is 0. The first-order valence-electron chi connectivity index (χ1n) is 11.3. The van der Waals surface area contributed by atoms with Gasteiger partial charge in [-0.2, -0.15) is 0 Å². The SMILES string of the molecule is O=C1CCc2cc(OCCCC(=O)N3CCN(C(=O)CN4C(=O)CCC4=O)CC3)ccc2N1. The number of benzene rings is 1. The molecule has 5 amide bonds. The summed E-state index contributed by atoms with van der Waals surface area (Å²) in [5, 5.41) is 2.84. The molecule has 0 aromatic heterocycles. The Balaban J connectivity index is 1.15. The molecule has 176 valence electrons. The number of amides is 5. The molecule has 3 aliphatic heterocycles. The lowest BCUT2D eigenvalue weighted by Crippen LogP contribution is -2.53. The quantitative estimate of drug-likeness (QED) is 0.473. The maximum Gasteiger partial charge on any atom is 0.242 e. The highest BCUT2D eigenvalue weighted by molar-refractivity contribution is 6.04. The van der Waals surface area contributed by atoms with Crippen molar-refractivity contribution in [3.63, 3.8) is 0 Å². The minimum atomic E-state index is -0.300. The van der Waals surface area contributed by atoms with Gasteiger partial charge in [-0.1, -0.05) is 0 Å². The molecule has 10 nitrogen and oxygen atoms in total. The van der Waals surface area contributed by atoms with E-state index >= 15 is 0 Å². The number of piperazine rings is 1. The van der Waals surface area contributed by atoms with Crippen molar-refractivity contribution >= 4 is 35.2 Å². The van der Waals surface area contributed by atoms with Gasteiger partial charge in [0.1, 0.15) is 12.3 Å². The van der Waals surface area contributed by atoms with E-state index in [4.69, 9.17) is 4.74 Å². The van der Waals surface area contributed by atoms with Crippen LogP contribution in [0.15, 0.2) is 18.2 Å². The molecule has 0 saturated carbocycles. The molecule has 33 heavy (non-hydrogen) atoms. The number of anilines is 1. The first kappa shape index (κ1) is 22.8. The van der Waals surface area contributed by atoms with Crippen molar-refractivity contribution in [2.75, 3.05) is 44.6 Å². The largest absolute Gasteiger partial charge is 0.494 e. The molecule has 0 atom stereocenters. The number of hydrogen-bond acceptors (Lipinski definition) is 6. The fourth-order valence-corrected chi connectivity index (χ4v) is 4.26. The standard InChI is InChI=1S/C23H28N4O6/c28-19-6-3-16-14-17(4-5-18(16)24-19)33-13-1-2-20(29)25-9-11-26(12-10-25)23(32)15-27-21(30)7-8-22(27)31/h4-5,14H,1-3,6-13,15H2,(H,24,28). The maximum atomic E-state index is 12.5. The van der Waals surface area contributed by atoms with Gasteiger partial charge in [-0.05, 0) is 36.6 Å². The van der Waals surface area contributed by atoms with Crippen molar-refractivity contribution in [1.82, 2.24) is 14.7 Å². The van der Waals surface area contributed by atoms with Crippen LogP contribution in [0.25, 0.3) is 0 Å². The van der Waals surface area contributed by atoms with E-state index in [0.29, 0.717) is 58.5 Å². The van der Waals surface area contributed by atoms with Gasteiger partial charge in [-0.15, -0.1) is 0 Å². The van der Waals surface area contributed by atoms with E-state index in [1.807, 2.05) is 18.2 Å². The van der Waals surface area contributed by atoms with Crippen LogP contribution in [-0.4, -0.2) is 83.6 Å². The zero-order chi connectivity index (χ0) is 23.4. The summed E-state index contributed by atoms with van der Waals surface area (Å²) in [6.45, 7) is 1.85. The summed E-state index contributed by atoms with van der Waals surface area (Å²) in [4.78, 5) is 64.1. The van der Waals surface area contributed by atoms with E-state index in [1.54, 1.807) is 9.80 Å². The summed E-state index contributed by atoms with van der Waals surface area (Å²) in [6.07, 6.45) is 2.43. The molecule has 3 heterocycles. The number of nitrogens with zero attached hydrogens (tertiary/aromatic N) is 3. The molecular formula is C23H28N4O6. The van der Waals surface area contributed by atoms with Crippen LogP contribution in [0.4, 0.5) is 5.69 Å². The number of hydrogen-bond donors (Lipinski definition) is 1. The molecule has 4 rings (SSSR count). The van der Waals surface area contributed by atoms with Crippen LogP contribution >= 0.6 is 0 Å². The van der Waals surface area contributed by atoms with Crippen molar-refractivity contribution in [3.8, 4) is 5.75 Å². The highest BCUT2D eigenvalue weighted by Gasteiger charge is 2.33.